The van der Waals surface area contributed by atoms with Gasteiger partial charge in [-0.3, -0.25) is 0 Å². The van der Waals surface area contributed by atoms with Crippen molar-refractivity contribution in [1.82, 2.24) is 9.97 Å². The van der Waals surface area contributed by atoms with Crippen molar-refractivity contribution in [3.05, 3.63) is 95.4 Å². The fraction of sp³-hybridized carbons (Fsp3) is 0.317. The Hall–Kier alpha value is -4.44. The normalized spacial score (nSPS) is 12.7. The average Bonchev–Trinajstić information content (AvgIpc) is 3.57. The summed E-state index contributed by atoms with van der Waals surface area (Å²) in [6, 6.07) is 24.1. The van der Waals surface area contributed by atoms with E-state index >= 15 is 0 Å². The van der Waals surface area contributed by atoms with Crippen LogP contribution in [0.25, 0.3) is 66.3 Å². The summed E-state index contributed by atoms with van der Waals surface area (Å²) in [4.78, 5) is 9.19. The van der Waals surface area contributed by atoms with Crippen LogP contribution < -0.4 is 0 Å². The molecule has 0 N–H and O–H groups in total. The zero-order valence-electron chi connectivity index (χ0n) is 27.9. The molecule has 7 aromatic rings. The van der Waals surface area contributed by atoms with Crippen LogP contribution in [0.1, 0.15) is 102 Å². The Morgan fingerprint density at radius 1 is 0.622 bits per heavy atom. The van der Waals surface area contributed by atoms with E-state index in [2.05, 4.69) is 139 Å². The molecule has 0 radical (unpaired) electrons. The van der Waals surface area contributed by atoms with Crippen molar-refractivity contribution in [1.29, 1.82) is 0 Å². The second-order valence-electron chi connectivity index (χ2n) is 14.5. The van der Waals surface area contributed by atoms with Crippen LogP contribution in [0.4, 0.5) is 0 Å². The highest BCUT2D eigenvalue weighted by Gasteiger charge is 2.23. The Balaban J connectivity index is 1.44. The number of hydrogen-bond acceptors (Lipinski definition) is 4. The summed E-state index contributed by atoms with van der Waals surface area (Å²) in [6.45, 7) is 20.2. The molecule has 0 spiro atoms. The van der Waals surface area contributed by atoms with Crippen LogP contribution in [-0.2, 0) is 5.41 Å². The van der Waals surface area contributed by atoms with Crippen LogP contribution in [-0.4, -0.2) is 9.97 Å². The summed E-state index contributed by atoms with van der Waals surface area (Å²) < 4.78 is 13.3. The van der Waals surface area contributed by atoms with E-state index in [9.17, 15) is 0 Å². The Morgan fingerprint density at radius 2 is 1.31 bits per heavy atom. The van der Waals surface area contributed by atoms with Gasteiger partial charge in [-0.05, 0) is 82.0 Å². The molecule has 0 amide bonds. The summed E-state index contributed by atoms with van der Waals surface area (Å²) in [6.07, 6.45) is 1.66. The van der Waals surface area contributed by atoms with Crippen LogP contribution in [0.3, 0.4) is 0 Å². The van der Waals surface area contributed by atoms with Gasteiger partial charge in [0.05, 0.1) is 11.1 Å². The molecule has 45 heavy (non-hydrogen) atoms. The molecule has 0 aliphatic carbocycles. The second kappa shape index (κ2) is 10.6. The van der Waals surface area contributed by atoms with Crippen LogP contribution >= 0.6 is 0 Å². The van der Waals surface area contributed by atoms with Crippen LogP contribution in [0.5, 0.6) is 0 Å². The minimum Gasteiger partial charge on any atom is -0.456 e. The third kappa shape index (κ3) is 4.82. The van der Waals surface area contributed by atoms with Crippen molar-refractivity contribution in [3.63, 3.8) is 0 Å². The molecule has 0 saturated carbocycles. The van der Waals surface area contributed by atoms with Gasteiger partial charge in [-0.2, -0.15) is 0 Å². The maximum absolute atomic E-state index is 6.77. The van der Waals surface area contributed by atoms with E-state index in [0.29, 0.717) is 17.8 Å². The molecule has 0 fully saturated rings. The number of aromatic nitrogens is 2. The Kier molecular flexibility index (Phi) is 6.88. The lowest BCUT2D eigenvalue weighted by Gasteiger charge is -2.23. The predicted molar refractivity (Wildman–Crippen MR) is 188 cm³/mol. The largest absolute Gasteiger partial charge is 0.456 e. The fourth-order valence-corrected chi connectivity index (χ4v) is 6.68. The maximum Gasteiger partial charge on any atom is 0.147 e. The SMILES string of the molecule is CC(C)c1cc(C(C)C)c(-c2ccc3c(c2)oc2ccc4c5cccc(-c6cc(C(C)(C)C)ncn6)c5oc4c23)c(C(C)C)c1. The number of benzene rings is 4. The van der Waals surface area contributed by atoms with Crippen molar-refractivity contribution in [3.8, 4) is 22.4 Å². The highest BCUT2D eigenvalue weighted by molar-refractivity contribution is 6.23. The lowest BCUT2D eigenvalue weighted by molar-refractivity contribution is 0.567. The molecule has 3 heterocycles. The minimum atomic E-state index is -0.0808. The van der Waals surface area contributed by atoms with E-state index in [1.54, 1.807) is 6.33 Å². The Morgan fingerprint density at radius 3 is 1.98 bits per heavy atom. The van der Waals surface area contributed by atoms with E-state index in [1.807, 2.05) is 0 Å². The molecule has 3 aromatic heterocycles. The van der Waals surface area contributed by atoms with Crippen molar-refractivity contribution >= 4 is 43.9 Å². The second-order valence-corrected chi connectivity index (χ2v) is 14.5. The molecule has 0 unspecified atom stereocenters. The lowest BCUT2D eigenvalue weighted by Crippen LogP contribution is -2.13. The Labute approximate surface area is 265 Å². The van der Waals surface area contributed by atoms with Crippen LogP contribution in [0.15, 0.2) is 81.9 Å². The van der Waals surface area contributed by atoms with Crippen LogP contribution in [0.2, 0.25) is 0 Å². The summed E-state index contributed by atoms with van der Waals surface area (Å²) in [5.41, 5.74) is 12.9. The fourth-order valence-electron chi connectivity index (χ4n) is 6.68. The molecule has 0 saturated heterocycles. The van der Waals surface area contributed by atoms with E-state index in [4.69, 9.17) is 8.83 Å². The number of hydrogen-bond donors (Lipinski definition) is 0. The molecule has 4 nitrogen and oxygen atoms in total. The van der Waals surface area contributed by atoms with Gasteiger partial charge in [0.15, 0.2) is 0 Å². The molecular weight excluding hydrogens is 552 g/mol. The van der Waals surface area contributed by atoms with Crippen molar-refractivity contribution in [2.24, 2.45) is 0 Å². The highest BCUT2D eigenvalue weighted by atomic mass is 16.3. The van der Waals surface area contributed by atoms with Crippen LogP contribution in [0, 0.1) is 0 Å². The molecule has 0 atom stereocenters. The van der Waals surface area contributed by atoms with Crippen molar-refractivity contribution < 1.29 is 8.83 Å². The van der Waals surface area contributed by atoms with Gasteiger partial charge in [0.25, 0.3) is 0 Å². The predicted octanol–water partition coefficient (Wildman–Crippen LogP) is 12.3. The molecule has 4 heteroatoms. The molecule has 7 rings (SSSR count). The summed E-state index contributed by atoms with van der Waals surface area (Å²) in [5, 5.41) is 4.22. The monoisotopic (exact) mass is 594 g/mol. The molecular formula is C41H42N2O2. The first-order chi connectivity index (χ1) is 21.4. The lowest BCUT2D eigenvalue weighted by atomic mass is 9.81. The summed E-state index contributed by atoms with van der Waals surface area (Å²) in [7, 11) is 0. The maximum atomic E-state index is 6.77. The van der Waals surface area contributed by atoms with Gasteiger partial charge in [-0.15, -0.1) is 0 Å². The van der Waals surface area contributed by atoms with E-state index in [0.717, 1.165) is 60.8 Å². The van der Waals surface area contributed by atoms with Gasteiger partial charge in [0.1, 0.15) is 28.7 Å². The van der Waals surface area contributed by atoms with E-state index in [1.165, 1.54) is 27.8 Å². The van der Waals surface area contributed by atoms with Crippen molar-refractivity contribution in [2.45, 2.75) is 85.5 Å². The summed E-state index contributed by atoms with van der Waals surface area (Å²) >= 11 is 0. The van der Waals surface area contributed by atoms with Gasteiger partial charge < -0.3 is 8.83 Å². The van der Waals surface area contributed by atoms with Gasteiger partial charge in [0, 0.05) is 32.8 Å². The zero-order valence-corrected chi connectivity index (χ0v) is 27.9. The van der Waals surface area contributed by atoms with Gasteiger partial charge >= 0.3 is 0 Å². The molecule has 0 aliphatic heterocycles. The standard InChI is InChI=1S/C41H42N2O2/c1-22(2)26-17-31(23(3)4)37(32(18-26)24(5)6)25-13-14-30-35(19-25)44-34-16-15-28-27-11-10-12-29(39(27)45-40(28)38(30)34)33-20-36(41(7,8)9)43-21-42-33/h10-24H,1-9H3. The van der Waals surface area contributed by atoms with E-state index in [-0.39, 0.29) is 5.41 Å². The summed E-state index contributed by atoms with van der Waals surface area (Å²) in [5.74, 6) is 1.29. The molecule has 0 aliphatic rings. The van der Waals surface area contributed by atoms with Gasteiger partial charge in [-0.25, -0.2) is 9.97 Å². The first kappa shape index (κ1) is 29.3. The highest BCUT2D eigenvalue weighted by Crippen LogP contribution is 2.44. The number of furan rings is 2. The molecule has 4 aromatic carbocycles. The van der Waals surface area contributed by atoms with Crippen molar-refractivity contribution in [2.75, 3.05) is 0 Å². The average molecular weight is 595 g/mol. The first-order valence-corrected chi connectivity index (χ1v) is 16.2. The third-order valence-electron chi connectivity index (χ3n) is 9.23. The first-order valence-electron chi connectivity index (χ1n) is 16.2. The zero-order chi connectivity index (χ0) is 31.8. The number of rotatable bonds is 5. The molecule has 228 valence electrons. The van der Waals surface area contributed by atoms with Gasteiger partial charge in [0.2, 0.25) is 0 Å². The Bertz CT molecular complexity index is 2210. The molecule has 0 bridgehead atoms. The third-order valence-corrected chi connectivity index (χ3v) is 9.23. The number of nitrogens with zero attached hydrogens (tertiary/aromatic N) is 2. The number of para-hydroxylation sites is 1. The number of fused-ring (bicyclic) bond motifs is 7. The quantitative estimate of drug-likeness (QED) is 0.199. The smallest absolute Gasteiger partial charge is 0.147 e. The minimum absolute atomic E-state index is 0.0808. The topological polar surface area (TPSA) is 52.1 Å². The van der Waals surface area contributed by atoms with Gasteiger partial charge in [-0.1, -0.05) is 92.6 Å². The van der Waals surface area contributed by atoms with E-state index < -0.39 is 0 Å².